The van der Waals surface area contributed by atoms with Gasteiger partial charge in [-0.15, -0.1) is 0 Å². The lowest BCUT2D eigenvalue weighted by Gasteiger charge is -2.39. The zero-order valence-corrected chi connectivity index (χ0v) is 14.3. The number of amides is 2. The quantitative estimate of drug-likeness (QED) is 0.649. The molecule has 0 saturated heterocycles. The first kappa shape index (κ1) is 17.4. The fraction of sp³-hybridized carbons (Fsp3) is 0.222. The molecule has 26 heavy (non-hydrogen) atoms. The van der Waals surface area contributed by atoms with Crippen molar-refractivity contribution in [3.8, 4) is 0 Å². The molecule has 0 fully saturated rings. The lowest BCUT2D eigenvalue weighted by Crippen LogP contribution is -2.59. The van der Waals surface area contributed by atoms with E-state index in [0.717, 1.165) is 5.69 Å². The van der Waals surface area contributed by atoms with Crippen molar-refractivity contribution in [2.75, 3.05) is 5.32 Å². The van der Waals surface area contributed by atoms with Gasteiger partial charge in [0.2, 0.25) is 0 Å². The van der Waals surface area contributed by atoms with Crippen LogP contribution in [0, 0.1) is 16.0 Å². The molecular weight excluding hydrogens is 336 g/mol. The summed E-state index contributed by atoms with van der Waals surface area (Å²) in [6.07, 6.45) is -0.417. The molecule has 0 bridgehead atoms. The highest BCUT2D eigenvalue weighted by Gasteiger charge is 2.35. The Morgan fingerprint density at radius 3 is 2.46 bits per heavy atom. The van der Waals surface area contributed by atoms with E-state index in [1.807, 2.05) is 26.0 Å². The number of nitrogens with one attached hydrogen (secondary N) is 2. The van der Waals surface area contributed by atoms with Gasteiger partial charge in [0.1, 0.15) is 6.17 Å². The number of hydrogen-bond acceptors (Lipinski definition) is 5. The molecule has 1 atom stereocenters. The van der Waals surface area contributed by atoms with Crippen LogP contribution in [0.3, 0.4) is 0 Å². The summed E-state index contributed by atoms with van der Waals surface area (Å²) in [7, 11) is 0. The summed E-state index contributed by atoms with van der Waals surface area (Å²) in [5.41, 5.74) is 3.93. The third-order valence-electron chi connectivity index (χ3n) is 4.15. The lowest BCUT2D eigenvalue weighted by molar-refractivity contribution is -0.384. The molecule has 3 rings (SSSR count). The largest absolute Gasteiger partial charge is 0.363 e. The Morgan fingerprint density at radius 1 is 1.19 bits per heavy atom. The van der Waals surface area contributed by atoms with Gasteiger partial charge in [0.25, 0.3) is 17.5 Å². The molecule has 8 heteroatoms. The van der Waals surface area contributed by atoms with Gasteiger partial charge < -0.3 is 5.32 Å². The van der Waals surface area contributed by atoms with Crippen molar-refractivity contribution in [1.82, 2.24) is 10.4 Å². The number of carbonyl (C=O) groups is 2. The Kier molecular flexibility index (Phi) is 4.57. The average Bonchev–Trinajstić information content (AvgIpc) is 2.63. The fourth-order valence-corrected chi connectivity index (χ4v) is 2.77. The molecule has 0 aromatic heterocycles. The van der Waals surface area contributed by atoms with Crippen LogP contribution in [0.1, 0.15) is 34.6 Å². The molecule has 8 nitrogen and oxygen atoms in total. The second-order valence-electron chi connectivity index (χ2n) is 6.30. The van der Waals surface area contributed by atoms with Crippen molar-refractivity contribution in [3.05, 3.63) is 69.8 Å². The number of para-hydroxylation sites is 1. The van der Waals surface area contributed by atoms with Crippen LogP contribution in [0.2, 0.25) is 0 Å². The van der Waals surface area contributed by atoms with E-state index >= 15 is 0 Å². The Balaban J connectivity index is 1.85. The molecule has 2 aromatic rings. The van der Waals surface area contributed by atoms with Crippen molar-refractivity contribution in [1.29, 1.82) is 0 Å². The van der Waals surface area contributed by atoms with Gasteiger partial charge in [-0.05, 0) is 30.2 Å². The predicted octanol–water partition coefficient (Wildman–Crippen LogP) is 2.79. The second-order valence-corrected chi connectivity index (χ2v) is 6.30. The summed E-state index contributed by atoms with van der Waals surface area (Å²) in [4.78, 5) is 35.5. The Labute approximate surface area is 149 Å². The van der Waals surface area contributed by atoms with Crippen molar-refractivity contribution in [2.24, 2.45) is 5.92 Å². The van der Waals surface area contributed by atoms with E-state index in [2.05, 4.69) is 10.7 Å². The third kappa shape index (κ3) is 3.21. The van der Waals surface area contributed by atoms with Gasteiger partial charge in [-0.3, -0.25) is 25.1 Å². The molecule has 0 saturated carbocycles. The Hall–Kier alpha value is -3.42. The van der Waals surface area contributed by atoms with Gasteiger partial charge in [0.15, 0.2) is 0 Å². The molecule has 1 unspecified atom stereocenters. The Bertz CT molecular complexity index is 864. The lowest BCUT2D eigenvalue weighted by atomic mass is 10.0. The number of carbonyl (C=O) groups excluding carboxylic acids is 2. The van der Waals surface area contributed by atoms with E-state index in [4.69, 9.17) is 0 Å². The normalized spacial score (nSPS) is 16.0. The van der Waals surface area contributed by atoms with Crippen molar-refractivity contribution >= 4 is 23.2 Å². The van der Waals surface area contributed by atoms with Crippen LogP contribution in [0.5, 0.6) is 0 Å². The van der Waals surface area contributed by atoms with Crippen LogP contribution in [-0.4, -0.2) is 27.9 Å². The first-order valence-corrected chi connectivity index (χ1v) is 8.13. The highest BCUT2D eigenvalue weighted by molar-refractivity contribution is 6.03. The maximum Gasteiger partial charge on any atom is 0.276 e. The van der Waals surface area contributed by atoms with Crippen LogP contribution >= 0.6 is 0 Å². The number of nitro groups is 1. The standard InChI is InChI=1S/C18H18N4O4/c1-11(2)16-19-15-6-4-3-5-14(15)18(24)21(16)20-17(23)12-7-9-13(10-8-12)22(25)26/h3-11,16,19H,1-2H3,(H,20,23). The van der Waals surface area contributed by atoms with E-state index < -0.39 is 17.0 Å². The van der Waals surface area contributed by atoms with Crippen LogP contribution in [0.15, 0.2) is 48.5 Å². The molecular formula is C18H18N4O4. The highest BCUT2D eigenvalue weighted by Crippen LogP contribution is 2.27. The zero-order chi connectivity index (χ0) is 18.8. The van der Waals surface area contributed by atoms with E-state index in [9.17, 15) is 19.7 Å². The predicted molar refractivity (Wildman–Crippen MR) is 95.4 cm³/mol. The zero-order valence-electron chi connectivity index (χ0n) is 14.3. The van der Waals surface area contributed by atoms with E-state index in [-0.39, 0.29) is 23.1 Å². The first-order valence-electron chi connectivity index (χ1n) is 8.13. The van der Waals surface area contributed by atoms with Gasteiger partial charge >= 0.3 is 0 Å². The molecule has 1 aliphatic rings. The summed E-state index contributed by atoms with van der Waals surface area (Å²) in [5.74, 6) is -0.794. The van der Waals surface area contributed by atoms with Gasteiger partial charge in [-0.1, -0.05) is 26.0 Å². The van der Waals surface area contributed by atoms with Crippen molar-refractivity contribution in [3.63, 3.8) is 0 Å². The van der Waals surface area contributed by atoms with Crippen LogP contribution in [-0.2, 0) is 0 Å². The number of benzene rings is 2. The van der Waals surface area contributed by atoms with Gasteiger partial charge in [0, 0.05) is 23.4 Å². The monoisotopic (exact) mass is 354 g/mol. The maximum atomic E-state index is 12.8. The van der Waals surface area contributed by atoms with Gasteiger partial charge in [-0.25, -0.2) is 5.01 Å². The number of non-ortho nitro benzene ring substituents is 1. The Morgan fingerprint density at radius 2 is 1.85 bits per heavy atom. The number of nitrogens with zero attached hydrogens (tertiary/aromatic N) is 2. The average molecular weight is 354 g/mol. The summed E-state index contributed by atoms with van der Waals surface area (Å²) < 4.78 is 0. The van der Waals surface area contributed by atoms with Crippen LogP contribution < -0.4 is 10.7 Å². The first-order chi connectivity index (χ1) is 12.4. The molecule has 0 radical (unpaired) electrons. The maximum absolute atomic E-state index is 12.8. The molecule has 134 valence electrons. The van der Waals surface area contributed by atoms with Crippen molar-refractivity contribution < 1.29 is 14.5 Å². The minimum atomic E-state index is -0.536. The van der Waals surface area contributed by atoms with Gasteiger partial charge in [0.05, 0.1) is 10.5 Å². The molecule has 2 aromatic carbocycles. The van der Waals surface area contributed by atoms with Gasteiger partial charge in [-0.2, -0.15) is 0 Å². The minimum absolute atomic E-state index is 0.0319. The number of hydrogen-bond donors (Lipinski definition) is 2. The number of nitro benzene ring substituents is 1. The van der Waals surface area contributed by atoms with E-state index in [1.165, 1.54) is 29.3 Å². The number of anilines is 1. The fourth-order valence-electron chi connectivity index (χ4n) is 2.77. The molecule has 1 heterocycles. The smallest absolute Gasteiger partial charge is 0.276 e. The second kappa shape index (κ2) is 6.83. The minimum Gasteiger partial charge on any atom is -0.363 e. The van der Waals surface area contributed by atoms with Crippen molar-refractivity contribution in [2.45, 2.75) is 20.0 Å². The van der Waals surface area contributed by atoms with Crippen LogP contribution in [0.25, 0.3) is 0 Å². The number of fused-ring (bicyclic) bond motifs is 1. The number of rotatable bonds is 4. The topological polar surface area (TPSA) is 105 Å². The molecule has 0 spiro atoms. The van der Waals surface area contributed by atoms with Crippen LogP contribution in [0.4, 0.5) is 11.4 Å². The summed E-state index contributed by atoms with van der Waals surface area (Å²) >= 11 is 0. The summed E-state index contributed by atoms with van der Waals surface area (Å²) in [5, 5.41) is 15.3. The molecule has 1 aliphatic heterocycles. The molecule has 0 aliphatic carbocycles. The third-order valence-corrected chi connectivity index (χ3v) is 4.15. The molecule has 2 amide bonds. The summed E-state index contributed by atoms with van der Waals surface area (Å²) in [6.45, 7) is 3.87. The highest BCUT2D eigenvalue weighted by atomic mass is 16.6. The number of hydrazine groups is 1. The van der Waals surface area contributed by atoms with E-state index in [1.54, 1.807) is 12.1 Å². The SMILES string of the molecule is CC(C)C1Nc2ccccc2C(=O)N1NC(=O)c1ccc([N+](=O)[O-])cc1. The van der Waals surface area contributed by atoms with E-state index in [0.29, 0.717) is 5.56 Å². The molecule has 2 N–H and O–H groups in total. The summed E-state index contributed by atoms with van der Waals surface area (Å²) in [6, 6.07) is 12.3.